The number of piperazine rings is 2. The number of hydrogen-bond donors (Lipinski definition) is 1. The Labute approximate surface area is 153 Å². The highest BCUT2D eigenvalue weighted by atomic mass is 19.1. The van der Waals surface area contributed by atoms with Crippen molar-refractivity contribution in [1.82, 2.24) is 20.1 Å². The molecule has 2 aliphatic rings. The van der Waals surface area contributed by atoms with E-state index in [1.165, 1.54) is 0 Å². The van der Waals surface area contributed by atoms with Crippen LogP contribution < -0.4 is 5.32 Å². The first-order valence-corrected chi connectivity index (χ1v) is 8.63. The summed E-state index contributed by atoms with van der Waals surface area (Å²) in [6, 6.07) is 2.60. The number of aryl methyl sites for hydroxylation is 1. The predicted octanol–water partition coefficient (Wildman–Crippen LogP) is 1.07. The Kier molecular flexibility index (Phi) is 4.39. The van der Waals surface area contributed by atoms with E-state index in [-0.39, 0.29) is 29.8 Å². The van der Waals surface area contributed by atoms with Crippen LogP contribution in [-0.2, 0) is 16.1 Å². The minimum Gasteiger partial charge on any atom is -0.441 e. The summed E-state index contributed by atoms with van der Waals surface area (Å²) in [6.45, 7) is 3.66. The molecule has 1 unspecified atom stereocenters. The molecule has 1 aromatic heterocycles. The van der Waals surface area contributed by atoms with Gasteiger partial charge in [0.15, 0.2) is 0 Å². The molecule has 1 atom stereocenters. The quantitative estimate of drug-likeness (QED) is 0.867. The van der Waals surface area contributed by atoms with Crippen LogP contribution >= 0.6 is 0 Å². The van der Waals surface area contributed by atoms with E-state index in [9.17, 15) is 18.4 Å². The van der Waals surface area contributed by atoms with Gasteiger partial charge in [0, 0.05) is 37.8 Å². The molecule has 142 valence electrons. The third-order valence-electron chi connectivity index (χ3n) is 4.88. The van der Waals surface area contributed by atoms with Gasteiger partial charge in [0.2, 0.25) is 17.7 Å². The highest BCUT2D eigenvalue weighted by Gasteiger charge is 2.38. The molecule has 3 heterocycles. The summed E-state index contributed by atoms with van der Waals surface area (Å²) in [5, 5.41) is 2.60. The molecule has 2 aliphatic heterocycles. The van der Waals surface area contributed by atoms with Gasteiger partial charge in [-0.1, -0.05) is 0 Å². The predicted molar refractivity (Wildman–Crippen MR) is 90.4 cm³/mol. The van der Waals surface area contributed by atoms with Crippen LogP contribution in [0.2, 0.25) is 0 Å². The molecule has 0 bridgehead atoms. The Hall–Kier alpha value is -2.81. The number of nitrogens with one attached hydrogen (secondary N) is 1. The number of rotatable bonds is 3. The lowest BCUT2D eigenvalue weighted by atomic mass is 10.1. The van der Waals surface area contributed by atoms with Gasteiger partial charge < -0.3 is 14.6 Å². The molecule has 9 heteroatoms. The van der Waals surface area contributed by atoms with Gasteiger partial charge in [0.1, 0.15) is 23.4 Å². The number of nitrogens with zero attached hydrogens (tertiary/aromatic N) is 3. The summed E-state index contributed by atoms with van der Waals surface area (Å²) in [5.74, 6) is -0.955. The number of carbonyl (C=O) groups excluding carboxylic acids is 2. The fourth-order valence-corrected chi connectivity index (χ4v) is 3.48. The Balaban J connectivity index is 1.51. The zero-order valence-corrected chi connectivity index (χ0v) is 14.7. The Morgan fingerprint density at radius 3 is 2.70 bits per heavy atom. The van der Waals surface area contributed by atoms with Crippen LogP contribution in [0.5, 0.6) is 0 Å². The van der Waals surface area contributed by atoms with Crippen LogP contribution in [0, 0.1) is 18.6 Å². The van der Waals surface area contributed by atoms with E-state index in [1.807, 2.05) is 4.90 Å². The van der Waals surface area contributed by atoms with Crippen molar-refractivity contribution in [2.75, 3.05) is 26.2 Å². The highest BCUT2D eigenvalue weighted by Crippen LogP contribution is 2.25. The van der Waals surface area contributed by atoms with E-state index in [2.05, 4.69) is 10.3 Å². The topological polar surface area (TPSA) is 78.7 Å². The number of oxazole rings is 1. The van der Waals surface area contributed by atoms with E-state index in [0.29, 0.717) is 37.6 Å². The van der Waals surface area contributed by atoms with Gasteiger partial charge in [0.25, 0.3) is 0 Å². The van der Waals surface area contributed by atoms with Crippen molar-refractivity contribution in [2.45, 2.75) is 19.5 Å². The maximum Gasteiger partial charge on any atom is 0.244 e. The average molecular weight is 376 g/mol. The molecule has 2 aromatic rings. The molecule has 0 radical (unpaired) electrons. The largest absolute Gasteiger partial charge is 0.441 e. The van der Waals surface area contributed by atoms with Crippen molar-refractivity contribution < 1.29 is 22.8 Å². The third-order valence-corrected chi connectivity index (χ3v) is 4.88. The van der Waals surface area contributed by atoms with Crippen molar-refractivity contribution in [3.8, 4) is 11.5 Å². The molecule has 0 saturated carbocycles. The second-order valence-corrected chi connectivity index (χ2v) is 6.74. The van der Waals surface area contributed by atoms with E-state index < -0.39 is 17.7 Å². The number of hydrogen-bond acceptors (Lipinski definition) is 5. The Morgan fingerprint density at radius 2 is 1.96 bits per heavy atom. The van der Waals surface area contributed by atoms with E-state index in [1.54, 1.807) is 11.8 Å². The average Bonchev–Trinajstić information content (AvgIpc) is 2.98. The van der Waals surface area contributed by atoms with E-state index >= 15 is 0 Å². The van der Waals surface area contributed by atoms with Crippen LogP contribution in [0.4, 0.5) is 8.78 Å². The summed E-state index contributed by atoms with van der Waals surface area (Å²) in [7, 11) is 0. The molecule has 2 fully saturated rings. The summed E-state index contributed by atoms with van der Waals surface area (Å²) in [5.41, 5.74) is 0.856. The van der Waals surface area contributed by atoms with Gasteiger partial charge in [-0.05, 0) is 19.1 Å². The summed E-state index contributed by atoms with van der Waals surface area (Å²) in [4.78, 5) is 32.0. The molecule has 4 rings (SSSR count). The molecular formula is C18H18F2N4O3. The molecule has 2 saturated heterocycles. The van der Waals surface area contributed by atoms with Gasteiger partial charge in [-0.15, -0.1) is 0 Å². The standard InChI is InChI=1S/C18H18F2N4O3/c1-10-14(22-18(27-10)11-4-12(19)6-13(20)5-11)8-23-2-3-24-15(9-23)17(26)21-7-16(24)25/h4-6,15H,2-3,7-9H2,1H3,(H,21,26). The molecule has 1 aromatic carbocycles. The summed E-state index contributed by atoms with van der Waals surface area (Å²) < 4.78 is 32.4. The second-order valence-electron chi connectivity index (χ2n) is 6.74. The zero-order valence-electron chi connectivity index (χ0n) is 14.7. The van der Waals surface area contributed by atoms with Crippen molar-refractivity contribution in [3.63, 3.8) is 0 Å². The van der Waals surface area contributed by atoms with Crippen molar-refractivity contribution >= 4 is 11.8 Å². The minimum atomic E-state index is -0.702. The number of halogens is 2. The van der Waals surface area contributed by atoms with Crippen LogP contribution in [0.15, 0.2) is 22.6 Å². The maximum absolute atomic E-state index is 13.4. The monoisotopic (exact) mass is 376 g/mol. The van der Waals surface area contributed by atoms with Crippen molar-refractivity contribution in [3.05, 3.63) is 41.3 Å². The molecule has 27 heavy (non-hydrogen) atoms. The van der Waals surface area contributed by atoms with Crippen LogP contribution in [0.3, 0.4) is 0 Å². The summed E-state index contributed by atoms with van der Waals surface area (Å²) >= 11 is 0. The fraction of sp³-hybridized carbons (Fsp3) is 0.389. The smallest absolute Gasteiger partial charge is 0.244 e. The number of carbonyl (C=O) groups is 2. The molecule has 0 spiro atoms. The van der Waals surface area contributed by atoms with E-state index in [4.69, 9.17) is 4.42 Å². The van der Waals surface area contributed by atoms with Gasteiger partial charge in [-0.3, -0.25) is 14.5 Å². The lowest BCUT2D eigenvalue weighted by Gasteiger charge is -2.42. The zero-order chi connectivity index (χ0) is 19.1. The van der Waals surface area contributed by atoms with E-state index in [0.717, 1.165) is 18.2 Å². The van der Waals surface area contributed by atoms with Crippen molar-refractivity contribution in [2.24, 2.45) is 0 Å². The van der Waals surface area contributed by atoms with Gasteiger partial charge >= 0.3 is 0 Å². The lowest BCUT2D eigenvalue weighted by Crippen LogP contribution is -2.65. The maximum atomic E-state index is 13.4. The number of aromatic nitrogens is 1. The minimum absolute atomic E-state index is 0.0469. The lowest BCUT2D eigenvalue weighted by molar-refractivity contribution is -0.149. The molecule has 7 nitrogen and oxygen atoms in total. The third kappa shape index (κ3) is 3.42. The molecule has 2 amide bonds. The second kappa shape index (κ2) is 6.73. The Morgan fingerprint density at radius 1 is 1.22 bits per heavy atom. The normalized spacial score (nSPS) is 20.6. The first-order valence-electron chi connectivity index (χ1n) is 8.63. The van der Waals surface area contributed by atoms with Crippen LogP contribution in [0.1, 0.15) is 11.5 Å². The molecule has 1 N–H and O–H groups in total. The number of amides is 2. The van der Waals surface area contributed by atoms with Gasteiger partial charge in [-0.2, -0.15) is 0 Å². The number of benzene rings is 1. The first kappa shape index (κ1) is 17.6. The van der Waals surface area contributed by atoms with Crippen molar-refractivity contribution in [1.29, 1.82) is 0 Å². The van der Waals surface area contributed by atoms with Gasteiger partial charge in [-0.25, -0.2) is 13.8 Å². The SMILES string of the molecule is Cc1oc(-c2cc(F)cc(F)c2)nc1CN1CCN2C(=O)CNC(=O)C2C1. The fourth-order valence-electron chi connectivity index (χ4n) is 3.48. The Bertz CT molecular complexity index is 894. The van der Waals surface area contributed by atoms with Gasteiger partial charge in [0.05, 0.1) is 12.2 Å². The highest BCUT2D eigenvalue weighted by molar-refractivity contribution is 5.95. The molecular weight excluding hydrogens is 358 g/mol. The number of fused-ring (bicyclic) bond motifs is 1. The van der Waals surface area contributed by atoms with Crippen LogP contribution in [0.25, 0.3) is 11.5 Å². The first-order chi connectivity index (χ1) is 12.9. The van der Waals surface area contributed by atoms with Crippen LogP contribution in [-0.4, -0.2) is 58.8 Å². The summed E-state index contributed by atoms with van der Waals surface area (Å²) in [6.07, 6.45) is 0. The molecule has 0 aliphatic carbocycles.